The molecule has 1 saturated heterocycles. The molecule has 0 spiro atoms. The Morgan fingerprint density at radius 2 is 2.15 bits per heavy atom. The standard InChI is InChI=1S/C18H25N5O3/c1-13-11-22(18(26)20-17(13)25)12-16(24)23-9-4-3-5-14(23)6-7-15-19-8-10-21(15)2/h8,10-11,14H,3-7,9,12H2,1-2H3,(H,20,25,26). The van der Waals surface area contributed by atoms with Crippen molar-refractivity contribution in [3.05, 3.63) is 50.8 Å². The predicted molar refractivity (Wildman–Crippen MR) is 96.9 cm³/mol. The van der Waals surface area contributed by atoms with E-state index in [1.807, 2.05) is 22.7 Å². The average Bonchev–Trinajstić information content (AvgIpc) is 3.03. The Bertz CT molecular complexity index is 895. The molecule has 1 atom stereocenters. The summed E-state index contributed by atoms with van der Waals surface area (Å²) in [5, 5.41) is 0. The number of rotatable bonds is 5. The highest BCUT2D eigenvalue weighted by atomic mass is 16.2. The Kier molecular flexibility index (Phi) is 5.39. The molecule has 1 fully saturated rings. The number of imidazole rings is 1. The minimum absolute atomic E-state index is 0.0463. The van der Waals surface area contributed by atoms with Crippen molar-refractivity contribution in [2.45, 2.75) is 51.6 Å². The second kappa shape index (κ2) is 7.72. The van der Waals surface area contributed by atoms with Crippen molar-refractivity contribution in [2.75, 3.05) is 6.54 Å². The first-order valence-electron chi connectivity index (χ1n) is 9.01. The number of H-pyrrole nitrogens is 1. The van der Waals surface area contributed by atoms with E-state index in [2.05, 4.69) is 9.97 Å². The van der Waals surface area contributed by atoms with E-state index in [9.17, 15) is 14.4 Å². The molecule has 26 heavy (non-hydrogen) atoms. The largest absolute Gasteiger partial charge is 0.338 e. The third-order valence-corrected chi connectivity index (χ3v) is 5.06. The van der Waals surface area contributed by atoms with Gasteiger partial charge in [-0.1, -0.05) is 0 Å². The Hall–Kier alpha value is -2.64. The van der Waals surface area contributed by atoms with Crippen LogP contribution in [0, 0.1) is 6.92 Å². The highest BCUT2D eigenvalue weighted by Crippen LogP contribution is 2.21. The smallest absolute Gasteiger partial charge is 0.328 e. The fourth-order valence-corrected chi connectivity index (χ4v) is 3.53. The number of aromatic amines is 1. The summed E-state index contributed by atoms with van der Waals surface area (Å²) in [4.78, 5) is 44.7. The molecular weight excluding hydrogens is 334 g/mol. The van der Waals surface area contributed by atoms with Crippen LogP contribution in [0.2, 0.25) is 0 Å². The SMILES string of the molecule is Cc1cn(CC(=O)N2CCCCC2CCc2nccn2C)c(=O)[nH]c1=O. The number of likely N-dealkylation sites (tertiary alicyclic amines) is 1. The number of aromatic nitrogens is 4. The van der Waals surface area contributed by atoms with E-state index in [0.29, 0.717) is 12.1 Å². The lowest BCUT2D eigenvalue weighted by molar-refractivity contribution is -0.135. The number of carbonyl (C=O) groups excluding carboxylic acids is 1. The van der Waals surface area contributed by atoms with Gasteiger partial charge < -0.3 is 9.47 Å². The zero-order chi connectivity index (χ0) is 18.7. The number of carbonyl (C=O) groups is 1. The summed E-state index contributed by atoms with van der Waals surface area (Å²) in [6.07, 6.45) is 9.87. The van der Waals surface area contributed by atoms with Crippen molar-refractivity contribution in [1.29, 1.82) is 0 Å². The number of nitrogens with one attached hydrogen (secondary N) is 1. The lowest BCUT2D eigenvalue weighted by Gasteiger charge is -2.36. The summed E-state index contributed by atoms with van der Waals surface area (Å²) >= 11 is 0. The molecule has 8 heteroatoms. The molecule has 1 N–H and O–H groups in total. The van der Waals surface area contributed by atoms with Crippen LogP contribution in [0.3, 0.4) is 0 Å². The van der Waals surface area contributed by atoms with Crippen LogP contribution in [0.15, 0.2) is 28.2 Å². The van der Waals surface area contributed by atoms with Crippen molar-refractivity contribution < 1.29 is 4.79 Å². The van der Waals surface area contributed by atoms with Gasteiger partial charge in [-0.05, 0) is 32.6 Å². The van der Waals surface area contributed by atoms with E-state index in [1.165, 1.54) is 10.8 Å². The van der Waals surface area contributed by atoms with Crippen LogP contribution in [0.5, 0.6) is 0 Å². The first-order valence-corrected chi connectivity index (χ1v) is 9.01. The molecule has 0 radical (unpaired) electrons. The van der Waals surface area contributed by atoms with E-state index in [4.69, 9.17) is 0 Å². The van der Waals surface area contributed by atoms with Crippen molar-refractivity contribution in [1.82, 2.24) is 24.0 Å². The fourth-order valence-electron chi connectivity index (χ4n) is 3.53. The molecule has 2 aromatic rings. The topological polar surface area (TPSA) is 93.0 Å². The number of nitrogens with zero attached hydrogens (tertiary/aromatic N) is 4. The minimum atomic E-state index is -0.546. The molecule has 1 aliphatic rings. The fraction of sp³-hybridized carbons (Fsp3) is 0.556. The normalized spacial score (nSPS) is 17.5. The molecule has 3 rings (SSSR count). The van der Waals surface area contributed by atoms with E-state index in [1.54, 1.807) is 13.1 Å². The third kappa shape index (κ3) is 3.95. The zero-order valence-corrected chi connectivity index (χ0v) is 15.3. The molecule has 1 unspecified atom stereocenters. The van der Waals surface area contributed by atoms with Gasteiger partial charge in [0.25, 0.3) is 5.56 Å². The van der Waals surface area contributed by atoms with Crippen LogP contribution in [0.25, 0.3) is 0 Å². The Labute approximate surface area is 151 Å². The van der Waals surface area contributed by atoms with Gasteiger partial charge in [-0.15, -0.1) is 0 Å². The lowest BCUT2D eigenvalue weighted by atomic mass is 9.97. The minimum Gasteiger partial charge on any atom is -0.338 e. The maximum Gasteiger partial charge on any atom is 0.328 e. The lowest BCUT2D eigenvalue weighted by Crippen LogP contribution is -2.46. The van der Waals surface area contributed by atoms with Crippen LogP contribution in [0.4, 0.5) is 0 Å². The second-order valence-electron chi connectivity index (χ2n) is 6.93. The Morgan fingerprint density at radius 1 is 1.35 bits per heavy atom. The van der Waals surface area contributed by atoms with Gasteiger partial charge in [0.05, 0.1) is 0 Å². The van der Waals surface area contributed by atoms with Gasteiger partial charge in [0.2, 0.25) is 5.91 Å². The summed E-state index contributed by atoms with van der Waals surface area (Å²) in [6, 6.07) is 0.160. The highest BCUT2D eigenvalue weighted by Gasteiger charge is 2.27. The van der Waals surface area contributed by atoms with E-state index in [-0.39, 0.29) is 18.5 Å². The summed E-state index contributed by atoms with van der Waals surface area (Å²) in [5.74, 6) is 0.929. The number of aryl methyl sites for hydroxylation is 3. The molecule has 3 heterocycles. The summed E-state index contributed by atoms with van der Waals surface area (Å²) < 4.78 is 3.28. The predicted octanol–water partition coefficient (Wildman–Crippen LogP) is 0.592. The first kappa shape index (κ1) is 18.2. The van der Waals surface area contributed by atoms with E-state index < -0.39 is 11.2 Å². The van der Waals surface area contributed by atoms with Crippen LogP contribution < -0.4 is 11.2 Å². The van der Waals surface area contributed by atoms with E-state index >= 15 is 0 Å². The van der Waals surface area contributed by atoms with Gasteiger partial charge in [0.1, 0.15) is 12.4 Å². The van der Waals surface area contributed by atoms with Crippen LogP contribution >= 0.6 is 0 Å². The molecule has 2 aromatic heterocycles. The summed E-state index contributed by atoms with van der Waals surface area (Å²) in [6.45, 7) is 2.28. The molecule has 8 nitrogen and oxygen atoms in total. The van der Waals surface area contributed by atoms with Crippen molar-refractivity contribution in [3.63, 3.8) is 0 Å². The quantitative estimate of drug-likeness (QED) is 0.846. The molecule has 1 aliphatic heterocycles. The molecule has 1 amide bonds. The van der Waals surface area contributed by atoms with Crippen LogP contribution in [-0.2, 0) is 24.8 Å². The molecular formula is C18H25N5O3. The maximum absolute atomic E-state index is 12.8. The molecule has 140 valence electrons. The number of piperidine rings is 1. The molecule has 0 saturated carbocycles. The first-order chi connectivity index (χ1) is 12.5. The van der Waals surface area contributed by atoms with Gasteiger partial charge >= 0.3 is 5.69 Å². The summed E-state index contributed by atoms with van der Waals surface area (Å²) in [7, 11) is 1.97. The van der Waals surface area contributed by atoms with Gasteiger partial charge in [-0.3, -0.25) is 19.1 Å². The highest BCUT2D eigenvalue weighted by molar-refractivity contribution is 5.76. The van der Waals surface area contributed by atoms with Crippen LogP contribution in [0.1, 0.15) is 37.1 Å². The van der Waals surface area contributed by atoms with Crippen molar-refractivity contribution in [3.8, 4) is 0 Å². The average molecular weight is 359 g/mol. The van der Waals surface area contributed by atoms with Crippen molar-refractivity contribution >= 4 is 5.91 Å². The van der Waals surface area contributed by atoms with E-state index in [0.717, 1.165) is 37.9 Å². The second-order valence-corrected chi connectivity index (χ2v) is 6.93. The van der Waals surface area contributed by atoms with Gasteiger partial charge in [-0.2, -0.15) is 0 Å². The zero-order valence-electron chi connectivity index (χ0n) is 15.3. The molecule has 0 bridgehead atoms. The molecule has 0 aromatic carbocycles. The van der Waals surface area contributed by atoms with Crippen LogP contribution in [-0.4, -0.2) is 42.5 Å². The van der Waals surface area contributed by atoms with Crippen molar-refractivity contribution in [2.24, 2.45) is 7.05 Å². The number of amides is 1. The Balaban J connectivity index is 1.69. The molecule has 0 aliphatic carbocycles. The number of hydrogen-bond acceptors (Lipinski definition) is 4. The monoisotopic (exact) mass is 359 g/mol. The number of hydrogen-bond donors (Lipinski definition) is 1. The maximum atomic E-state index is 12.8. The summed E-state index contributed by atoms with van der Waals surface area (Å²) in [5.41, 5.74) is -0.539. The van der Waals surface area contributed by atoms with Gasteiger partial charge in [0, 0.05) is 50.2 Å². The third-order valence-electron chi connectivity index (χ3n) is 5.06. The van der Waals surface area contributed by atoms with Gasteiger partial charge in [0.15, 0.2) is 0 Å². The van der Waals surface area contributed by atoms with Gasteiger partial charge in [-0.25, -0.2) is 9.78 Å². The Morgan fingerprint density at radius 3 is 2.88 bits per heavy atom.